The van der Waals surface area contributed by atoms with Crippen molar-refractivity contribution in [1.29, 1.82) is 0 Å². The van der Waals surface area contributed by atoms with Crippen molar-refractivity contribution in [2.75, 3.05) is 13.6 Å². The van der Waals surface area contributed by atoms with Gasteiger partial charge in [-0.15, -0.1) is 11.3 Å². The third-order valence-electron chi connectivity index (χ3n) is 4.01. The van der Waals surface area contributed by atoms with Crippen molar-refractivity contribution in [3.63, 3.8) is 0 Å². The Morgan fingerprint density at radius 3 is 2.42 bits per heavy atom. The number of aromatic nitrogens is 1. The highest BCUT2D eigenvalue weighted by atomic mass is 32.1. The molecule has 0 saturated carbocycles. The number of guanidine groups is 1. The van der Waals surface area contributed by atoms with E-state index in [2.05, 4.69) is 65.6 Å². The molecule has 1 heterocycles. The number of aryl methyl sites for hydroxylation is 1. The van der Waals surface area contributed by atoms with Gasteiger partial charge in [0, 0.05) is 18.5 Å². The zero-order chi connectivity index (χ0) is 17.6. The van der Waals surface area contributed by atoms with Gasteiger partial charge in [-0.1, -0.05) is 45.0 Å². The molecule has 0 saturated heterocycles. The molecule has 2 N–H and O–H groups in total. The van der Waals surface area contributed by atoms with Crippen molar-refractivity contribution in [3.8, 4) is 0 Å². The van der Waals surface area contributed by atoms with E-state index in [1.165, 1.54) is 16.0 Å². The van der Waals surface area contributed by atoms with Crippen LogP contribution in [-0.2, 0) is 18.4 Å². The van der Waals surface area contributed by atoms with Gasteiger partial charge in [0.15, 0.2) is 5.96 Å². The lowest BCUT2D eigenvalue weighted by molar-refractivity contribution is 0.590. The van der Waals surface area contributed by atoms with Gasteiger partial charge in [-0.2, -0.15) is 0 Å². The first-order valence-corrected chi connectivity index (χ1v) is 9.21. The normalized spacial score (nSPS) is 12.3. The Labute approximate surface area is 149 Å². The molecule has 0 aliphatic heterocycles. The first kappa shape index (κ1) is 18.5. The van der Waals surface area contributed by atoms with E-state index in [1.807, 2.05) is 12.4 Å². The lowest BCUT2D eigenvalue weighted by Crippen LogP contribution is -2.37. The molecular weight excluding hydrogens is 316 g/mol. The minimum Gasteiger partial charge on any atom is -0.356 e. The molecule has 4 nitrogen and oxygen atoms in total. The molecule has 2 rings (SSSR count). The lowest BCUT2D eigenvalue weighted by Gasteiger charge is -2.19. The molecule has 0 bridgehead atoms. The standard InChI is InChI=1S/C19H28N4S/c1-14-17(24-13-23-14)12-22-18(20-5)21-11-10-15-6-8-16(9-7-15)19(2,3)4/h6-9,13H,10-12H2,1-5H3,(H2,20,21,22). The number of rotatable bonds is 5. The molecule has 2 aromatic rings. The first-order valence-electron chi connectivity index (χ1n) is 8.33. The SMILES string of the molecule is CN=C(NCCc1ccc(C(C)(C)C)cc1)NCc1scnc1C. The highest BCUT2D eigenvalue weighted by Gasteiger charge is 2.12. The zero-order valence-electron chi connectivity index (χ0n) is 15.3. The Hall–Kier alpha value is -1.88. The van der Waals surface area contributed by atoms with Crippen molar-refractivity contribution >= 4 is 17.3 Å². The fourth-order valence-electron chi connectivity index (χ4n) is 2.38. The van der Waals surface area contributed by atoms with Gasteiger partial charge in [-0.25, -0.2) is 4.98 Å². The fourth-order valence-corrected chi connectivity index (χ4v) is 3.09. The highest BCUT2D eigenvalue weighted by Crippen LogP contribution is 2.22. The predicted molar refractivity (Wildman–Crippen MR) is 104 cm³/mol. The van der Waals surface area contributed by atoms with Crippen LogP contribution in [0.25, 0.3) is 0 Å². The minimum absolute atomic E-state index is 0.206. The average molecular weight is 345 g/mol. The molecule has 130 valence electrons. The molecule has 0 atom stereocenters. The summed E-state index contributed by atoms with van der Waals surface area (Å²) in [6.45, 7) is 10.4. The van der Waals surface area contributed by atoms with Gasteiger partial charge in [0.05, 0.1) is 17.7 Å². The van der Waals surface area contributed by atoms with Crippen molar-refractivity contribution in [2.24, 2.45) is 4.99 Å². The Kier molecular flexibility index (Phi) is 6.37. The molecular formula is C19H28N4S. The van der Waals surface area contributed by atoms with Crippen LogP contribution >= 0.6 is 11.3 Å². The fraction of sp³-hybridized carbons (Fsp3) is 0.474. The van der Waals surface area contributed by atoms with E-state index in [4.69, 9.17) is 0 Å². The van der Waals surface area contributed by atoms with Gasteiger partial charge in [0.2, 0.25) is 0 Å². The molecule has 0 aliphatic carbocycles. The molecule has 0 fully saturated rings. The van der Waals surface area contributed by atoms with Gasteiger partial charge in [0.25, 0.3) is 0 Å². The van der Waals surface area contributed by atoms with Crippen LogP contribution in [0.3, 0.4) is 0 Å². The van der Waals surface area contributed by atoms with Crippen molar-refractivity contribution < 1.29 is 0 Å². The number of nitrogens with one attached hydrogen (secondary N) is 2. The summed E-state index contributed by atoms with van der Waals surface area (Å²) in [6, 6.07) is 8.90. The second-order valence-electron chi connectivity index (χ2n) is 6.91. The Balaban J connectivity index is 1.78. The summed E-state index contributed by atoms with van der Waals surface area (Å²) in [6.07, 6.45) is 0.977. The summed E-state index contributed by atoms with van der Waals surface area (Å²) in [7, 11) is 1.80. The second-order valence-corrected chi connectivity index (χ2v) is 7.85. The molecule has 0 aliphatic rings. The van der Waals surface area contributed by atoms with E-state index in [0.717, 1.165) is 31.2 Å². The third kappa shape index (κ3) is 5.34. The van der Waals surface area contributed by atoms with E-state index < -0.39 is 0 Å². The van der Waals surface area contributed by atoms with E-state index in [-0.39, 0.29) is 5.41 Å². The van der Waals surface area contributed by atoms with Gasteiger partial charge < -0.3 is 10.6 Å². The summed E-state index contributed by atoms with van der Waals surface area (Å²) in [4.78, 5) is 9.78. The van der Waals surface area contributed by atoms with Crippen molar-refractivity contribution in [3.05, 3.63) is 51.5 Å². The van der Waals surface area contributed by atoms with Crippen LogP contribution in [0.15, 0.2) is 34.8 Å². The summed E-state index contributed by atoms with van der Waals surface area (Å²) in [5, 5.41) is 6.70. The van der Waals surface area contributed by atoms with E-state index >= 15 is 0 Å². The number of nitrogens with zero attached hydrogens (tertiary/aromatic N) is 2. The molecule has 1 aromatic heterocycles. The third-order valence-corrected chi connectivity index (χ3v) is 4.95. The second kappa shape index (κ2) is 8.29. The predicted octanol–water partition coefficient (Wildman–Crippen LogP) is 3.66. The molecule has 24 heavy (non-hydrogen) atoms. The number of aliphatic imine (C=N–C) groups is 1. The Morgan fingerprint density at radius 1 is 1.17 bits per heavy atom. The van der Waals surface area contributed by atoms with Crippen LogP contribution in [0.5, 0.6) is 0 Å². The van der Waals surface area contributed by atoms with Gasteiger partial charge in [0.1, 0.15) is 0 Å². The molecule has 1 aromatic carbocycles. The summed E-state index contributed by atoms with van der Waals surface area (Å²) < 4.78 is 0. The smallest absolute Gasteiger partial charge is 0.191 e. The van der Waals surface area contributed by atoms with Crippen LogP contribution in [0.2, 0.25) is 0 Å². The minimum atomic E-state index is 0.206. The van der Waals surface area contributed by atoms with E-state index in [9.17, 15) is 0 Å². The lowest BCUT2D eigenvalue weighted by atomic mass is 9.86. The molecule has 0 radical (unpaired) electrons. The molecule has 5 heteroatoms. The monoisotopic (exact) mass is 344 g/mol. The van der Waals surface area contributed by atoms with Gasteiger partial charge in [-0.05, 0) is 29.9 Å². The Morgan fingerprint density at radius 2 is 1.88 bits per heavy atom. The first-order chi connectivity index (χ1) is 11.4. The van der Waals surface area contributed by atoms with Crippen molar-refractivity contribution in [1.82, 2.24) is 15.6 Å². The quantitative estimate of drug-likeness (QED) is 0.643. The van der Waals surface area contributed by atoms with Crippen LogP contribution in [0.1, 0.15) is 42.5 Å². The summed E-state index contributed by atoms with van der Waals surface area (Å²) >= 11 is 1.67. The maximum Gasteiger partial charge on any atom is 0.191 e. The molecule has 0 spiro atoms. The Bertz CT molecular complexity index is 665. The summed E-state index contributed by atoms with van der Waals surface area (Å²) in [5.41, 5.74) is 5.88. The topological polar surface area (TPSA) is 49.3 Å². The average Bonchev–Trinajstić information content (AvgIpc) is 2.95. The van der Waals surface area contributed by atoms with E-state index in [1.54, 1.807) is 18.4 Å². The number of thiazole rings is 1. The van der Waals surface area contributed by atoms with Crippen LogP contribution in [0.4, 0.5) is 0 Å². The number of hydrogen-bond acceptors (Lipinski definition) is 3. The maximum atomic E-state index is 4.27. The number of benzene rings is 1. The largest absolute Gasteiger partial charge is 0.356 e. The van der Waals surface area contributed by atoms with Crippen molar-refractivity contribution in [2.45, 2.75) is 46.1 Å². The van der Waals surface area contributed by atoms with Crippen LogP contribution in [0, 0.1) is 6.92 Å². The molecule has 0 unspecified atom stereocenters. The molecule has 0 amide bonds. The zero-order valence-corrected chi connectivity index (χ0v) is 16.1. The highest BCUT2D eigenvalue weighted by molar-refractivity contribution is 7.09. The summed E-state index contributed by atoms with van der Waals surface area (Å²) in [5.74, 6) is 0.828. The van der Waals surface area contributed by atoms with Crippen LogP contribution in [-0.4, -0.2) is 24.5 Å². The van der Waals surface area contributed by atoms with Gasteiger partial charge in [-0.3, -0.25) is 4.99 Å². The van der Waals surface area contributed by atoms with E-state index in [0.29, 0.717) is 0 Å². The van der Waals surface area contributed by atoms with Gasteiger partial charge >= 0.3 is 0 Å². The number of hydrogen-bond donors (Lipinski definition) is 2. The maximum absolute atomic E-state index is 4.27. The van der Waals surface area contributed by atoms with Crippen LogP contribution < -0.4 is 10.6 Å².